The number of piperidine rings is 1. The highest BCUT2D eigenvalue weighted by atomic mass is 16.5. The van der Waals surface area contributed by atoms with Gasteiger partial charge in [-0.25, -0.2) is 4.98 Å². The van der Waals surface area contributed by atoms with E-state index in [9.17, 15) is 4.79 Å². The van der Waals surface area contributed by atoms with Crippen molar-refractivity contribution in [2.45, 2.75) is 32.5 Å². The third-order valence-corrected chi connectivity index (χ3v) is 4.16. The van der Waals surface area contributed by atoms with Crippen LogP contribution in [0.3, 0.4) is 0 Å². The SMILES string of the molecule is CCOc1ncccc1C(=O)N1CCC[C@H](OCc2cccnc2)C1. The van der Waals surface area contributed by atoms with E-state index in [1.807, 2.05) is 24.0 Å². The van der Waals surface area contributed by atoms with E-state index in [1.165, 1.54) is 0 Å². The molecular weight excluding hydrogens is 318 g/mol. The van der Waals surface area contributed by atoms with E-state index in [-0.39, 0.29) is 12.0 Å². The summed E-state index contributed by atoms with van der Waals surface area (Å²) in [5.74, 6) is 0.347. The molecule has 3 heterocycles. The van der Waals surface area contributed by atoms with Crippen LogP contribution in [0.2, 0.25) is 0 Å². The fourth-order valence-corrected chi connectivity index (χ4v) is 2.93. The number of nitrogens with zero attached hydrogens (tertiary/aromatic N) is 3. The Labute approximate surface area is 147 Å². The molecule has 0 aliphatic carbocycles. The minimum Gasteiger partial charge on any atom is -0.477 e. The van der Waals surface area contributed by atoms with Gasteiger partial charge in [0.25, 0.3) is 5.91 Å². The number of likely N-dealkylation sites (tertiary alicyclic amines) is 1. The van der Waals surface area contributed by atoms with Crippen molar-refractivity contribution in [3.05, 3.63) is 54.0 Å². The van der Waals surface area contributed by atoms with Crippen LogP contribution >= 0.6 is 0 Å². The number of aromatic nitrogens is 2. The van der Waals surface area contributed by atoms with E-state index in [1.54, 1.807) is 30.7 Å². The normalized spacial score (nSPS) is 17.3. The summed E-state index contributed by atoms with van der Waals surface area (Å²) in [6.07, 6.45) is 7.09. The van der Waals surface area contributed by atoms with E-state index < -0.39 is 0 Å². The zero-order valence-electron chi connectivity index (χ0n) is 14.4. The molecule has 0 spiro atoms. The second-order valence-corrected chi connectivity index (χ2v) is 5.98. The van der Waals surface area contributed by atoms with Crippen molar-refractivity contribution in [2.24, 2.45) is 0 Å². The van der Waals surface area contributed by atoms with E-state index >= 15 is 0 Å². The number of carbonyl (C=O) groups excluding carboxylic acids is 1. The van der Waals surface area contributed by atoms with E-state index in [0.717, 1.165) is 24.9 Å². The van der Waals surface area contributed by atoms with Crippen molar-refractivity contribution in [3.63, 3.8) is 0 Å². The molecule has 1 aliphatic rings. The molecule has 0 radical (unpaired) electrons. The summed E-state index contributed by atoms with van der Waals surface area (Å²) in [4.78, 5) is 23.0. The lowest BCUT2D eigenvalue weighted by atomic mass is 10.1. The molecule has 6 nitrogen and oxygen atoms in total. The average Bonchev–Trinajstić information content (AvgIpc) is 2.68. The molecule has 0 saturated carbocycles. The fraction of sp³-hybridized carbons (Fsp3) is 0.421. The lowest BCUT2D eigenvalue weighted by Crippen LogP contribution is -2.43. The number of rotatable bonds is 6. The molecule has 6 heteroatoms. The highest BCUT2D eigenvalue weighted by molar-refractivity contribution is 5.96. The highest BCUT2D eigenvalue weighted by Crippen LogP contribution is 2.21. The van der Waals surface area contributed by atoms with Crippen LogP contribution < -0.4 is 4.74 Å². The van der Waals surface area contributed by atoms with Gasteiger partial charge in [-0.3, -0.25) is 9.78 Å². The van der Waals surface area contributed by atoms with Crippen molar-refractivity contribution < 1.29 is 14.3 Å². The molecule has 3 rings (SSSR count). The summed E-state index contributed by atoms with van der Waals surface area (Å²) in [7, 11) is 0. The van der Waals surface area contributed by atoms with Gasteiger partial charge in [-0.1, -0.05) is 6.07 Å². The van der Waals surface area contributed by atoms with Crippen LogP contribution in [-0.2, 0) is 11.3 Å². The van der Waals surface area contributed by atoms with Crippen LogP contribution in [-0.4, -0.2) is 46.6 Å². The van der Waals surface area contributed by atoms with Gasteiger partial charge in [-0.05, 0) is 43.5 Å². The molecule has 2 aromatic rings. The lowest BCUT2D eigenvalue weighted by Gasteiger charge is -2.33. The molecule has 0 aromatic carbocycles. The monoisotopic (exact) mass is 341 g/mol. The van der Waals surface area contributed by atoms with Crippen molar-refractivity contribution in [1.82, 2.24) is 14.9 Å². The average molecular weight is 341 g/mol. The van der Waals surface area contributed by atoms with E-state index in [0.29, 0.717) is 31.2 Å². The zero-order chi connectivity index (χ0) is 17.5. The molecule has 1 aliphatic heterocycles. The summed E-state index contributed by atoms with van der Waals surface area (Å²) >= 11 is 0. The first-order valence-electron chi connectivity index (χ1n) is 8.65. The Bertz CT molecular complexity index is 693. The van der Waals surface area contributed by atoms with Gasteiger partial charge in [0.2, 0.25) is 5.88 Å². The van der Waals surface area contributed by atoms with Gasteiger partial charge in [0, 0.05) is 31.7 Å². The number of hydrogen-bond donors (Lipinski definition) is 0. The summed E-state index contributed by atoms with van der Waals surface area (Å²) in [6, 6.07) is 7.41. The molecule has 1 atom stereocenters. The second-order valence-electron chi connectivity index (χ2n) is 5.98. The number of amides is 1. The van der Waals surface area contributed by atoms with Gasteiger partial charge in [-0.15, -0.1) is 0 Å². The minimum absolute atomic E-state index is 0.0325. The molecule has 1 amide bonds. The zero-order valence-corrected chi connectivity index (χ0v) is 14.4. The lowest BCUT2D eigenvalue weighted by molar-refractivity contribution is -0.00692. The minimum atomic E-state index is -0.0498. The predicted molar refractivity (Wildman–Crippen MR) is 93.4 cm³/mol. The van der Waals surface area contributed by atoms with Gasteiger partial charge < -0.3 is 14.4 Å². The van der Waals surface area contributed by atoms with Gasteiger partial charge in [-0.2, -0.15) is 0 Å². The maximum Gasteiger partial charge on any atom is 0.259 e. The second kappa shape index (κ2) is 8.58. The van der Waals surface area contributed by atoms with E-state index in [4.69, 9.17) is 9.47 Å². The molecular formula is C19H23N3O3. The molecule has 132 valence electrons. The van der Waals surface area contributed by atoms with Crippen molar-refractivity contribution in [3.8, 4) is 5.88 Å². The summed E-state index contributed by atoms with van der Waals surface area (Å²) < 4.78 is 11.5. The van der Waals surface area contributed by atoms with Gasteiger partial charge in [0.1, 0.15) is 5.56 Å². The molecule has 1 saturated heterocycles. The number of ether oxygens (including phenoxy) is 2. The first-order valence-corrected chi connectivity index (χ1v) is 8.65. The Balaban J connectivity index is 1.62. The van der Waals surface area contributed by atoms with Crippen molar-refractivity contribution >= 4 is 5.91 Å². The largest absolute Gasteiger partial charge is 0.477 e. The van der Waals surface area contributed by atoms with Crippen LogP contribution in [0.5, 0.6) is 5.88 Å². The highest BCUT2D eigenvalue weighted by Gasteiger charge is 2.27. The maximum absolute atomic E-state index is 12.9. The maximum atomic E-state index is 12.9. The van der Waals surface area contributed by atoms with Crippen molar-refractivity contribution in [1.29, 1.82) is 0 Å². The quantitative estimate of drug-likeness (QED) is 0.808. The molecule has 1 fully saturated rings. The van der Waals surface area contributed by atoms with Gasteiger partial charge in [0.05, 0.1) is 19.3 Å². The van der Waals surface area contributed by atoms with Gasteiger partial charge >= 0.3 is 0 Å². The first kappa shape index (κ1) is 17.4. The molecule has 0 N–H and O–H groups in total. The Kier molecular flexibility index (Phi) is 5.95. The summed E-state index contributed by atoms with van der Waals surface area (Å²) in [5.41, 5.74) is 1.55. The third kappa shape index (κ3) is 4.54. The van der Waals surface area contributed by atoms with Crippen LogP contribution in [0.1, 0.15) is 35.7 Å². The standard InChI is InChI=1S/C19H23N3O3/c1-2-24-18-17(8-4-10-21-18)19(23)22-11-5-7-16(13-22)25-14-15-6-3-9-20-12-15/h3-4,6,8-10,12,16H,2,5,7,11,13-14H2,1H3/t16-/m0/s1. The topological polar surface area (TPSA) is 64.5 Å². The van der Waals surface area contributed by atoms with Crippen LogP contribution in [0.25, 0.3) is 0 Å². The number of carbonyl (C=O) groups is 1. The molecule has 0 unspecified atom stereocenters. The molecule has 2 aromatic heterocycles. The Morgan fingerprint density at radius 3 is 3.00 bits per heavy atom. The number of hydrogen-bond acceptors (Lipinski definition) is 5. The molecule has 25 heavy (non-hydrogen) atoms. The first-order chi connectivity index (χ1) is 12.3. The number of pyridine rings is 2. The smallest absolute Gasteiger partial charge is 0.259 e. The summed E-state index contributed by atoms with van der Waals surface area (Å²) in [5, 5.41) is 0. The Morgan fingerprint density at radius 1 is 1.32 bits per heavy atom. The van der Waals surface area contributed by atoms with Crippen LogP contribution in [0, 0.1) is 0 Å². The Morgan fingerprint density at radius 2 is 2.20 bits per heavy atom. The van der Waals surface area contributed by atoms with Crippen LogP contribution in [0.15, 0.2) is 42.9 Å². The summed E-state index contributed by atoms with van der Waals surface area (Å²) in [6.45, 7) is 4.18. The van der Waals surface area contributed by atoms with Gasteiger partial charge in [0.15, 0.2) is 0 Å². The fourth-order valence-electron chi connectivity index (χ4n) is 2.93. The third-order valence-electron chi connectivity index (χ3n) is 4.16. The molecule has 0 bridgehead atoms. The van der Waals surface area contributed by atoms with E-state index in [2.05, 4.69) is 9.97 Å². The van der Waals surface area contributed by atoms with Crippen molar-refractivity contribution in [2.75, 3.05) is 19.7 Å². The van der Waals surface area contributed by atoms with Crippen LogP contribution in [0.4, 0.5) is 0 Å². The Hall–Kier alpha value is -2.47. The predicted octanol–water partition coefficient (Wildman–Crippen LogP) is 2.70.